The highest BCUT2D eigenvalue weighted by atomic mass is 35.5. The predicted molar refractivity (Wildman–Crippen MR) is 108 cm³/mol. The van der Waals surface area contributed by atoms with Gasteiger partial charge < -0.3 is 5.32 Å². The minimum atomic E-state index is -0.240. The number of aromatic nitrogens is 4. The van der Waals surface area contributed by atoms with Crippen LogP contribution in [-0.4, -0.2) is 31.9 Å². The van der Waals surface area contributed by atoms with Crippen LogP contribution in [0.5, 0.6) is 0 Å². The number of hydrogen-bond donors (Lipinski definition) is 1. The van der Waals surface area contributed by atoms with E-state index in [2.05, 4.69) is 20.8 Å². The zero-order chi connectivity index (χ0) is 19.4. The Morgan fingerprint density at radius 1 is 1.22 bits per heavy atom. The lowest BCUT2D eigenvalue weighted by Crippen LogP contribution is -2.28. The maximum absolute atomic E-state index is 12.3. The highest BCUT2D eigenvalue weighted by molar-refractivity contribution is 7.99. The number of thioether (sulfide) groups is 1. The van der Waals surface area contributed by atoms with Crippen LogP contribution in [0, 0.1) is 6.92 Å². The summed E-state index contributed by atoms with van der Waals surface area (Å²) in [5.41, 5.74) is 2.80. The Labute approximate surface area is 171 Å². The molecule has 3 aromatic rings. The third-order valence-corrected chi connectivity index (χ3v) is 5.34. The summed E-state index contributed by atoms with van der Waals surface area (Å²) in [6.45, 7) is 3.88. The smallest absolute Gasteiger partial charge is 0.230 e. The number of carbonyl (C=O) groups excluding carboxylic acids is 1. The fraction of sp³-hybridized carbons (Fsp3) is 0.222. The zero-order valence-corrected chi connectivity index (χ0v) is 17.0. The fourth-order valence-corrected chi connectivity index (χ4v) is 3.73. The number of benzene rings is 2. The lowest BCUT2D eigenvalue weighted by molar-refractivity contribution is -0.119. The molecule has 2 aromatic carbocycles. The number of hydrogen-bond acceptors (Lipinski definition) is 5. The molecule has 1 amide bonds. The van der Waals surface area contributed by atoms with Crippen LogP contribution in [0.25, 0.3) is 5.69 Å². The van der Waals surface area contributed by atoms with Gasteiger partial charge in [-0.3, -0.25) is 4.79 Å². The first-order valence-corrected chi connectivity index (χ1v) is 9.90. The van der Waals surface area contributed by atoms with Crippen LogP contribution in [0.1, 0.15) is 24.1 Å². The average molecular weight is 422 g/mol. The van der Waals surface area contributed by atoms with E-state index in [1.54, 1.807) is 22.9 Å². The number of halogens is 2. The lowest BCUT2D eigenvalue weighted by atomic mass is 10.1. The summed E-state index contributed by atoms with van der Waals surface area (Å²) in [5, 5.41) is 16.2. The molecule has 0 fully saturated rings. The molecule has 0 aliphatic heterocycles. The normalized spacial score (nSPS) is 12.0. The van der Waals surface area contributed by atoms with Crippen molar-refractivity contribution in [3.8, 4) is 5.69 Å². The largest absolute Gasteiger partial charge is 0.349 e. The minimum absolute atomic E-state index is 0.142. The molecule has 0 bridgehead atoms. The van der Waals surface area contributed by atoms with E-state index in [9.17, 15) is 4.79 Å². The van der Waals surface area contributed by atoms with E-state index >= 15 is 0 Å². The number of rotatable bonds is 6. The second-order valence-electron chi connectivity index (χ2n) is 5.95. The van der Waals surface area contributed by atoms with E-state index < -0.39 is 0 Å². The van der Waals surface area contributed by atoms with E-state index in [1.165, 1.54) is 11.8 Å². The molecule has 1 aromatic heterocycles. The van der Waals surface area contributed by atoms with Crippen LogP contribution in [0.15, 0.2) is 47.6 Å². The number of nitrogens with one attached hydrogen (secondary N) is 1. The van der Waals surface area contributed by atoms with Gasteiger partial charge in [-0.25, -0.2) is 0 Å². The average Bonchev–Trinajstić information content (AvgIpc) is 3.09. The molecule has 9 heteroatoms. The monoisotopic (exact) mass is 421 g/mol. The Balaban J connectivity index is 1.61. The van der Waals surface area contributed by atoms with Gasteiger partial charge in [0.15, 0.2) is 0 Å². The summed E-state index contributed by atoms with van der Waals surface area (Å²) in [7, 11) is 0. The topological polar surface area (TPSA) is 72.7 Å². The Morgan fingerprint density at radius 3 is 2.67 bits per heavy atom. The van der Waals surface area contributed by atoms with Gasteiger partial charge in [0, 0.05) is 10.0 Å². The zero-order valence-electron chi connectivity index (χ0n) is 14.7. The molecule has 1 N–H and O–H groups in total. The first-order chi connectivity index (χ1) is 12.9. The number of tetrazole rings is 1. The van der Waals surface area contributed by atoms with Crippen LogP contribution in [0.3, 0.4) is 0 Å². The summed E-state index contributed by atoms with van der Waals surface area (Å²) in [5.74, 6) is 0.0406. The Kier molecular flexibility index (Phi) is 6.36. The first-order valence-electron chi connectivity index (χ1n) is 8.16. The van der Waals surface area contributed by atoms with Crippen molar-refractivity contribution < 1.29 is 4.79 Å². The van der Waals surface area contributed by atoms with Crippen molar-refractivity contribution in [1.29, 1.82) is 0 Å². The summed E-state index contributed by atoms with van der Waals surface area (Å²) < 4.78 is 1.61. The van der Waals surface area contributed by atoms with Crippen LogP contribution < -0.4 is 5.32 Å². The molecule has 1 atom stereocenters. The summed E-state index contributed by atoms with van der Waals surface area (Å²) in [6.07, 6.45) is 0. The Hall–Kier alpha value is -2.09. The lowest BCUT2D eigenvalue weighted by Gasteiger charge is -2.15. The van der Waals surface area contributed by atoms with E-state index in [0.717, 1.165) is 16.8 Å². The molecular formula is C18H17Cl2N5OS. The van der Waals surface area contributed by atoms with E-state index in [4.69, 9.17) is 23.2 Å². The third-order valence-electron chi connectivity index (χ3n) is 3.86. The maximum atomic E-state index is 12.3. The van der Waals surface area contributed by atoms with Crippen LogP contribution in [-0.2, 0) is 4.79 Å². The molecule has 27 heavy (non-hydrogen) atoms. The molecule has 0 radical (unpaired) electrons. The molecule has 1 heterocycles. The predicted octanol–water partition coefficient (Wildman–Crippen LogP) is 4.25. The van der Waals surface area contributed by atoms with Gasteiger partial charge in [-0.15, -0.1) is 5.10 Å². The van der Waals surface area contributed by atoms with E-state index in [1.807, 2.05) is 38.1 Å². The third kappa shape index (κ3) is 5.00. The van der Waals surface area contributed by atoms with Gasteiger partial charge in [-0.1, -0.05) is 58.7 Å². The second-order valence-corrected chi connectivity index (χ2v) is 7.74. The summed E-state index contributed by atoms with van der Waals surface area (Å²) in [4.78, 5) is 12.3. The molecule has 0 aliphatic carbocycles. The molecule has 0 spiro atoms. The van der Waals surface area contributed by atoms with Gasteiger partial charge in [0.05, 0.1) is 17.5 Å². The van der Waals surface area contributed by atoms with E-state index in [0.29, 0.717) is 15.2 Å². The van der Waals surface area contributed by atoms with Gasteiger partial charge in [0.25, 0.3) is 0 Å². The molecule has 0 aliphatic rings. The van der Waals surface area contributed by atoms with Crippen molar-refractivity contribution in [2.45, 2.75) is 25.0 Å². The number of carbonyl (C=O) groups is 1. The summed E-state index contributed by atoms with van der Waals surface area (Å²) >= 11 is 13.4. The maximum Gasteiger partial charge on any atom is 0.230 e. The summed E-state index contributed by atoms with van der Waals surface area (Å²) in [6, 6.07) is 12.8. The SMILES string of the molecule is Cc1ccc(-n2nnnc2SCC(=O)NC(C)c2ccc(Cl)cc2Cl)cc1. The molecule has 6 nitrogen and oxygen atoms in total. The van der Waals surface area contributed by atoms with Crippen molar-refractivity contribution in [1.82, 2.24) is 25.5 Å². The van der Waals surface area contributed by atoms with Crippen molar-refractivity contribution in [3.63, 3.8) is 0 Å². The molecule has 3 rings (SSSR count). The van der Waals surface area contributed by atoms with Crippen molar-refractivity contribution in [2.24, 2.45) is 0 Å². The second kappa shape index (κ2) is 8.73. The van der Waals surface area contributed by atoms with Gasteiger partial charge >= 0.3 is 0 Å². The molecule has 140 valence electrons. The fourth-order valence-electron chi connectivity index (χ4n) is 2.46. The Morgan fingerprint density at radius 2 is 1.96 bits per heavy atom. The first kappa shape index (κ1) is 19.7. The van der Waals surface area contributed by atoms with Crippen LogP contribution in [0.4, 0.5) is 0 Å². The number of nitrogens with zero attached hydrogens (tertiary/aromatic N) is 4. The van der Waals surface area contributed by atoms with Gasteiger partial charge in [0.2, 0.25) is 11.1 Å². The molecule has 0 saturated carbocycles. The van der Waals surface area contributed by atoms with Crippen LogP contribution >= 0.6 is 35.0 Å². The van der Waals surface area contributed by atoms with Gasteiger partial charge in [0.1, 0.15) is 0 Å². The number of aryl methyl sites for hydroxylation is 1. The number of amides is 1. The van der Waals surface area contributed by atoms with Crippen molar-refractivity contribution >= 4 is 40.9 Å². The van der Waals surface area contributed by atoms with E-state index in [-0.39, 0.29) is 17.7 Å². The molecular weight excluding hydrogens is 405 g/mol. The Bertz CT molecular complexity index is 945. The highest BCUT2D eigenvalue weighted by Crippen LogP contribution is 2.26. The highest BCUT2D eigenvalue weighted by Gasteiger charge is 2.15. The molecule has 0 saturated heterocycles. The minimum Gasteiger partial charge on any atom is -0.349 e. The standard InChI is InChI=1S/C18H17Cl2N5OS/c1-11-3-6-14(7-4-11)25-18(22-23-24-25)27-10-17(26)21-12(2)15-8-5-13(19)9-16(15)20/h3-9,12H,10H2,1-2H3,(H,21,26). The van der Waals surface area contributed by atoms with Crippen molar-refractivity contribution in [2.75, 3.05) is 5.75 Å². The van der Waals surface area contributed by atoms with Gasteiger partial charge in [-0.2, -0.15) is 4.68 Å². The quantitative estimate of drug-likeness (QED) is 0.602. The molecule has 1 unspecified atom stereocenters. The van der Waals surface area contributed by atoms with Crippen LogP contribution in [0.2, 0.25) is 10.0 Å². The van der Waals surface area contributed by atoms with Crippen molar-refractivity contribution in [3.05, 3.63) is 63.6 Å². The van der Waals surface area contributed by atoms with Gasteiger partial charge in [-0.05, 0) is 54.1 Å².